The molecule has 0 unspecified atom stereocenters. The predicted octanol–water partition coefficient (Wildman–Crippen LogP) is 4.23. The molecule has 1 aliphatic heterocycles. The van der Waals surface area contributed by atoms with Gasteiger partial charge in [-0.15, -0.1) is 6.58 Å². The van der Waals surface area contributed by atoms with Crippen LogP contribution in [0.5, 0.6) is 17.4 Å². The zero-order chi connectivity index (χ0) is 41.6. The molecular formula is C39H55N5O11S. The van der Waals surface area contributed by atoms with Gasteiger partial charge in [-0.2, -0.15) is 8.42 Å². The molecule has 3 N–H and O–H groups in total. The Morgan fingerprint density at radius 3 is 2.34 bits per heavy atom. The van der Waals surface area contributed by atoms with Crippen molar-refractivity contribution in [3.63, 3.8) is 0 Å². The maximum absolute atomic E-state index is 14.6. The van der Waals surface area contributed by atoms with Gasteiger partial charge in [0, 0.05) is 29.4 Å². The molecular weight excluding hydrogens is 747 g/mol. The van der Waals surface area contributed by atoms with Crippen molar-refractivity contribution in [3.8, 4) is 17.4 Å². The molecule has 0 spiro atoms. The second-order valence-corrected chi connectivity index (χ2v) is 18.3. The van der Waals surface area contributed by atoms with Crippen LogP contribution in [-0.2, 0) is 33.6 Å². The Bertz CT molecular complexity index is 2000. The minimum absolute atomic E-state index is 0.0278. The third-order valence-corrected chi connectivity index (χ3v) is 11.1. The van der Waals surface area contributed by atoms with Gasteiger partial charge in [0.25, 0.3) is 5.91 Å². The summed E-state index contributed by atoms with van der Waals surface area (Å²) in [7, 11) is -2.94. The van der Waals surface area contributed by atoms with Crippen LogP contribution < -0.4 is 29.6 Å². The van der Waals surface area contributed by atoms with E-state index in [2.05, 4.69) is 22.2 Å². The predicted molar refractivity (Wildman–Crippen MR) is 206 cm³/mol. The summed E-state index contributed by atoms with van der Waals surface area (Å²) < 4.78 is 56.1. The van der Waals surface area contributed by atoms with Gasteiger partial charge in [-0.05, 0) is 78.4 Å². The van der Waals surface area contributed by atoms with Crippen molar-refractivity contribution in [3.05, 3.63) is 36.4 Å². The molecule has 16 nitrogen and oxygen atoms in total. The summed E-state index contributed by atoms with van der Waals surface area (Å²) in [6, 6.07) is 2.86. The number of likely N-dealkylation sites (tertiary alicyclic amines) is 1. The smallest absolute Gasteiger partial charge is 0.408 e. The highest BCUT2D eigenvalue weighted by Crippen LogP contribution is 2.46. The summed E-state index contributed by atoms with van der Waals surface area (Å²) in [5.41, 5.74) is -2.94. The monoisotopic (exact) mass is 801 g/mol. The van der Waals surface area contributed by atoms with E-state index >= 15 is 0 Å². The molecule has 1 aromatic heterocycles. The number of methoxy groups -OCH3 is 1. The number of rotatable bonds is 14. The second-order valence-electron chi connectivity index (χ2n) is 17.0. The average Bonchev–Trinajstić information content (AvgIpc) is 3.94. The number of ether oxygens (including phenoxy) is 4. The zero-order valence-corrected chi connectivity index (χ0v) is 34.7. The van der Waals surface area contributed by atoms with Gasteiger partial charge in [0.15, 0.2) is 0 Å². The number of hydrogen-bond donors (Lipinski definition) is 3. The molecule has 0 bridgehead atoms. The van der Waals surface area contributed by atoms with Gasteiger partial charge in [-0.25, -0.2) is 18.7 Å². The Morgan fingerprint density at radius 1 is 1.11 bits per heavy atom. The van der Waals surface area contributed by atoms with Crippen molar-refractivity contribution in [2.24, 2.45) is 11.3 Å². The van der Waals surface area contributed by atoms with Crippen molar-refractivity contribution in [1.82, 2.24) is 25.2 Å². The first-order valence-corrected chi connectivity index (χ1v) is 20.2. The standard InChI is InChI=1S/C39H55N5O11S/c1-12-23-20-39(23,34(47)43-56(49,50)55-38(10)16-17-38)42-32(45)26-18-24(21-44(26)33(46)31(36(4,5)6)41-35(48)54-37(7,8)9)53-28-19-29(52-13-2)40-30-22(3)27(51-11)15-14-25(28)30/h12,14-15,19,23-24,26,31H,1,13,16-18,20-21H2,2-11H3,(H,41,48)(H,42,45)(H,43,47)/t23-,24-,26+,31-,39-/m1/s1. The molecule has 308 valence electrons. The molecule has 0 radical (unpaired) electrons. The number of amides is 4. The topological polar surface area (TPSA) is 201 Å². The Morgan fingerprint density at radius 2 is 1.79 bits per heavy atom. The minimum Gasteiger partial charge on any atom is -0.496 e. The maximum Gasteiger partial charge on any atom is 0.408 e. The fraction of sp³-hybridized carbons (Fsp3) is 0.615. The van der Waals surface area contributed by atoms with E-state index in [0.29, 0.717) is 47.7 Å². The number of alkyl carbamates (subject to hydrolysis) is 1. The molecule has 2 heterocycles. The lowest BCUT2D eigenvalue weighted by atomic mass is 9.85. The largest absolute Gasteiger partial charge is 0.496 e. The van der Waals surface area contributed by atoms with Crippen molar-refractivity contribution in [2.45, 2.75) is 123 Å². The van der Waals surface area contributed by atoms with E-state index in [9.17, 15) is 27.6 Å². The Hall–Kier alpha value is -4.64. The van der Waals surface area contributed by atoms with Crippen LogP contribution in [0.3, 0.4) is 0 Å². The third kappa shape index (κ3) is 9.48. The highest BCUT2D eigenvalue weighted by atomic mass is 32.2. The van der Waals surface area contributed by atoms with Gasteiger partial charge < -0.3 is 34.5 Å². The lowest BCUT2D eigenvalue weighted by Crippen LogP contribution is -2.60. The lowest BCUT2D eigenvalue weighted by molar-refractivity contribution is -0.143. The first kappa shape index (κ1) is 42.5. The van der Waals surface area contributed by atoms with Crippen molar-refractivity contribution >= 4 is 45.0 Å². The summed E-state index contributed by atoms with van der Waals surface area (Å²) in [4.78, 5) is 61.7. The Kier molecular flexibility index (Phi) is 11.7. The van der Waals surface area contributed by atoms with E-state index in [-0.39, 0.29) is 19.4 Å². The van der Waals surface area contributed by atoms with Crippen LogP contribution >= 0.6 is 0 Å². The van der Waals surface area contributed by atoms with Crippen LogP contribution in [0.15, 0.2) is 30.9 Å². The van der Waals surface area contributed by atoms with E-state index in [4.69, 9.17) is 23.1 Å². The number of benzene rings is 1. The lowest BCUT2D eigenvalue weighted by Gasteiger charge is -2.36. The van der Waals surface area contributed by atoms with Gasteiger partial charge >= 0.3 is 16.4 Å². The number of carbonyl (C=O) groups is 4. The van der Waals surface area contributed by atoms with Crippen molar-refractivity contribution in [1.29, 1.82) is 0 Å². The SMILES string of the molecule is C=C[C@@H]1C[C@]1(NC(=O)[C@@H]1C[C@@H](Oc2cc(OCC)nc3c(C)c(OC)ccc23)CN1C(=O)[C@@H](NC(=O)OC(C)(C)C)C(C)(C)C)C(=O)NS(=O)(=O)OC1(C)CC1. The van der Waals surface area contributed by atoms with E-state index in [1.807, 2.05) is 18.6 Å². The number of pyridine rings is 1. The van der Waals surface area contributed by atoms with Crippen LogP contribution in [-0.4, -0.2) is 97.3 Å². The number of aryl methyl sites for hydroxylation is 1. The van der Waals surface area contributed by atoms with Crippen molar-refractivity contribution in [2.75, 3.05) is 20.3 Å². The average molecular weight is 802 g/mol. The molecule has 5 rings (SSSR count). The number of nitrogens with one attached hydrogen (secondary N) is 3. The summed E-state index contributed by atoms with van der Waals surface area (Å²) in [6.07, 6.45) is 0.943. The molecule has 1 aromatic carbocycles. The van der Waals surface area contributed by atoms with Gasteiger partial charge in [-0.1, -0.05) is 26.8 Å². The summed E-state index contributed by atoms with van der Waals surface area (Å²) in [5.74, 6) is -1.60. The first-order chi connectivity index (χ1) is 25.9. The van der Waals surface area contributed by atoms with E-state index in [1.165, 1.54) is 11.0 Å². The van der Waals surface area contributed by atoms with E-state index < -0.39 is 80.4 Å². The quantitative estimate of drug-likeness (QED) is 0.230. The Balaban J connectivity index is 1.49. The van der Waals surface area contributed by atoms with Crippen LogP contribution in [0.1, 0.15) is 86.6 Å². The van der Waals surface area contributed by atoms with Crippen LogP contribution in [0.4, 0.5) is 4.79 Å². The van der Waals surface area contributed by atoms with Crippen LogP contribution in [0.2, 0.25) is 0 Å². The Labute approximate surface area is 328 Å². The minimum atomic E-state index is -4.50. The molecule has 3 fully saturated rings. The number of carbonyl (C=O) groups excluding carboxylic acids is 4. The molecule has 1 saturated heterocycles. The number of hydrogen-bond acceptors (Lipinski definition) is 12. The highest BCUT2D eigenvalue weighted by molar-refractivity contribution is 7.85. The van der Waals surface area contributed by atoms with Crippen LogP contribution in [0.25, 0.3) is 10.9 Å². The highest BCUT2D eigenvalue weighted by Gasteiger charge is 2.62. The zero-order valence-electron chi connectivity index (χ0n) is 33.9. The van der Waals surface area contributed by atoms with Gasteiger partial charge in [0.1, 0.15) is 40.8 Å². The molecule has 4 amide bonds. The third-order valence-electron chi connectivity index (χ3n) is 10.1. The maximum atomic E-state index is 14.6. The number of aromatic nitrogens is 1. The van der Waals surface area contributed by atoms with Crippen molar-refractivity contribution < 1.29 is 50.7 Å². The number of fused-ring (bicyclic) bond motifs is 1. The fourth-order valence-electron chi connectivity index (χ4n) is 6.78. The second kappa shape index (κ2) is 15.4. The summed E-state index contributed by atoms with van der Waals surface area (Å²) >= 11 is 0. The van der Waals surface area contributed by atoms with E-state index in [0.717, 1.165) is 5.56 Å². The molecule has 5 atom stereocenters. The molecule has 17 heteroatoms. The van der Waals surface area contributed by atoms with Crippen LogP contribution in [0, 0.1) is 18.3 Å². The summed E-state index contributed by atoms with van der Waals surface area (Å²) in [5, 5.41) is 6.10. The molecule has 2 aliphatic carbocycles. The first-order valence-electron chi connectivity index (χ1n) is 18.7. The van der Waals surface area contributed by atoms with Gasteiger partial charge in [0.05, 0.1) is 31.4 Å². The summed E-state index contributed by atoms with van der Waals surface area (Å²) in [6.45, 7) is 19.7. The molecule has 2 aromatic rings. The van der Waals surface area contributed by atoms with E-state index in [1.54, 1.807) is 73.8 Å². The van der Waals surface area contributed by atoms with Gasteiger partial charge in [0.2, 0.25) is 17.7 Å². The fourth-order valence-corrected chi connectivity index (χ4v) is 7.93. The number of nitrogens with zero attached hydrogens (tertiary/aromatic N) is 2. The normalized spacial score (nSPS) is 23.4. The molecule has 2 saturated carbocycles. The molecule has 56 heavy (non-hydrogen) atoms. The molecule has 3 aliphatic rings. The van der Waals surface area contributed by atoms with Gasteiger partial charge in [-0.3, -0.25) is 14.4 Å².